The van der Waals surface area contributed by atoms with Crippen LogP contribution in [0.4, 0.5) is 5.82 Å². The minimum atomic E-state index is -2.98. The first-order valence-electron chi connectivity index (χ1n) is 8.49. The smallest absolute Gasteiger partial charge is 0.235 e. The van der Waals surface area contributed by atoms with Gasteiger partial charge in [-0.2, -0.15) is 10.2 Å². The van der Waals surface area contributed by atoms with Crippen molar-refractivity contribution >= 4 is 33.3 Å². The van der Waals surface area contributed by atoms with E-state index in [1.807, 2.05) is 25.5 Å². The number of sulfone groups is 1. The number of hydrogen-bond acceptors (Lipinski definition) is 6. The van der Waals surface area contributed by atoms with Gasteiger partial charge in [0.05, 0.1) is 34.2 Å². The molecule has 0 aromatic carbocycles. The zero-order valence-electron chi connectivity index (χ0n) is 14.9. The highest BCUT2D eigenvalue weighted by molar-refractivity contribution is 8.00. The van der Waals surface area contributed by atoms with Crippen molar-refractivity contribution in [3.8, 4) is 0 Å². The number of fused-ring (bicyclic) bond motifs is 1. The van der Waals surface area contributed by atoms with E-state index in [1.165, 1.54) is 0 Å². The quantitative estimate of drug-likeness (QED) is 0.800. The van der Waals surface area contributed by atoms with Gasteiger partial charge in [-0.25, -0.2) is 8.42 Å². The SMILES string of the molecule is Cc1nn([C@H]2CCS(=O)(=O)C2)c(C)c1[C@H]1SCC(=O)Nc2n[nH]c(C)c21. The molecule has 2 aliphatic rings. The average molecular weight is 396 g/mol. The van der Waals surface area contributed by atoms with Crippen LogP contribution in [-0.4, -0.2) is 51.6 Å². The predicted octanol–water partition coefficient (Wildman–Crippen LogP) is 1.67. The van der Waals surface area contributed by atoms with E-state index in [4.69, 9.17) is 0 Å². The van der Waals surface area contributed by atoms with Crippen molar-refractivity contribution in [3.05, 3.63) is 28.2 Å². The fourth-order valence-corrected chi connectivity index (χ4v) is 6.92. The molecular formula is C16H21N5O3S2. The molecule has 26 heavy (non-hydrogen) atoms. The molecule has 2 aliphatic heterocycles. The third kappa shape index (κ3) is 2.84. The first-order chi connectivity index (χ1) is 12.3. The number of carbonyl (C=O) groups excluding carboxylic acids is 1. The first kappa shape index (κ1) is 17.6. The Morgan fingerprint density at radius 2 is 2.00 bits per heavy atom. The van der Waals surface area contributed by atoms with Gasteiger partial charge in [0.1, 0.15) is 0 Å². The number of aryl methyl sites for hydroxylation is 2. The molecule has 2 aromatic heterocycles. The Bertz CT molecular complexity index is 992. The summed E-state index contributed by atoms with van der Waals surface area (Å²) in [7, 11) is -2.98. The molecule has 1 fully saturated rings. The monoisotopic (exact) mass is 395 g/mol. The number of nitrogens with one attached hydrogen (secondary N) is 2. The third-order valence-corrected chi connectivity index (χ3v) is 8.08. The number of carbonyl (C=O) groups is 1. The van der Waals surface area contributed by atoms with Crippen molar-refractivity contribution in [2.24, 2.45) is 0 Å². The van der Waals surface area contributed by atoms with Crippen molar-refractivity contribution in [3.63, 3.8) is 0 Å². The summed E-state index contributed by atoms with van der Waals surface area (Å²) < 4.78 is 25.6. The first-order valence-corrected chi connectivity index (χ1v) is 11.4. The van der Waals surface area contributed by atoms with Crippen LogP contribution in [0.1, 0.15) is 45.9 Å². The van der Waals surface area contributed by atoms with Crippen LogP contribution in [0.15, 0.2) is 0 Å². The molecule has 8 nitrogen and oxygen atoms in total. The number of hydrogen-bond donors (Lipinski definition) is 2. The summed E-state index contributed by atoms with van der Waals surface area (Å²) >= 11 is 1.55. The molecule has 140 valence electrons. The van der Waals surface area contributed by atoms with Gasteiger partial charge in [0.25, 0.3) is 0 Å². The van der Waals surface area contributed by atoms with Crippen LogP contribution in [0.5, 0.6) is 0 Å². The summed E-state index contributed by atoms with van der Waals surface area (Å²) in [6.07, 6.45) is 0.595. The van der Waals surface area contributed by atoms with Crippen LogP contribution >= 0.6 is 11.8 Å². The normalized spacial score (nSPS) is 25.0. The Balaban J connectivity index is 1.79. The molecule has 0 aliphatic carbocycles. The Kier molecular flexibility index (Phi) is 4.14. The second kappa shape index (κ2) is 6.12. The van der Waals surface area contributed by atoms with Crippen LogP contribution in [0.3, 0.4) is 0 Å². The topological polar surface area (TPSA) is 110 Å². The molecule has 2 N–H and O–H groups in total. The molecule has 2 atom stereocenters. The fraction of sp³-hybridized carbons (Fsp3) is 0.562. The van der Waals surface area contributed by atoms with E-state index in [1.54, 1.807) is 11.8 Å². The molecular weight excluding hydrogens is 374 g/mol. The molecule has 1 amide bonds. The van der Waals surface area contributed by atoms with Crippen LogP contribution in [0, 0.1) is 20.8 Å². The highest BCUT2D eigenvalue weighted by Crippen LogP contribution is 2.45. The highest BCUT2D eigenvalue weighted by Gasteiger charge is 2.35. The van der Waals surface area contributed by atoms with Crippen LogP contribution < -0.4 is 5.32 Å². The Morgan fingerprint density at radius 3 is 2.69 bits per heavy atom. The maximum Gasteiger partial charge on any atom is 0.235 e. The molecule has 4 heterocycles. The van der Waals surface area contributed by atoms with Crippen molar-refractivity contribution in [1.29, 1.82) is 0 Å². The van der Waals surface area contributed by atoms with Crippen LogP contribution in [0.25, 0.3) is 0 Å². The molecule has 0 bridgehead atoms. The Morgan fingerprint density at radius 1 is 1.23 bits per heavy atom. The number of rotatable bonds is 2. The molecule has 2 aromatic rings. The zero-order valence-corrected chi connectivity index (χ0v) is 16.5. The molecule has 1 saturated heterocycles. The number of thioether (sulfide) groups is 1. The summed E-state index contributed by atoms with van der Waals surface area (Å²) in [5, 5.41) is 14.6. The van der Waals surface area contributed by atoms with Gasteiger partial charge in [-0.1, -0.05) is 0 Å². The van der Waals surface area contributed by atoms with E-state index in [2.05, 4.69) is 20.6 Å². The summed E-state index contributed by atoms with van der Waals surface area (Å²) in [5.41, 5.74) is 4.75. The minimum absolute atomic E-state index is 0.0742. The van der Waals surface area contributed by atoms with E-state index >= 15 is 0 Å². The average Bonchev–Trinajstić information content (AvgIpc) is 3.15. The summed E-state index contributed by atoms with van der Waals surface area (Å²) in [6.45, 7) is 5.86. The Labute approximate surface area is 156 Å². The van der Waals surface area contributed by atoms with Gasteiger partial charge in [0.15, 0.2) is 15.7 Å². The van der Waals surface area contributed by atoms with Crippen LogP contribution in [0.2, 0.25) is 0 Å². The standard InChI is InChI=1S/C16H21N5O3S2/c1-8-14-15(25-6-12(22)17-16(14)19-18-8)13-9(2)20-21(10(13)3)11-4-5-26(23,24)7-11/h11,15H,4-7H2,1-3H3,(H2,17,18,19,22)/t11-,15+/m0/s1. The summed E-state index contributed by atoms with van der Waals surface area (Å²) in [6, 6.07) is -0.118. The van der Waals surface area contributed by atoms with Gasteiger partial charge in [-0.05, 0) is 27.2 Å². The maximum atomic E-state index is 12.0. The van der Waals surface area contributed by atoms with Gasteiger partial charge in [0.2, 0.25) is 5.91 Å². The lowest BCUT2D eigenvalue weighted by atomic mass is 10.0. The number of aromatic nitrogens is 4. The zero-order chi connectivity index (χ0) is 18.6. The lowest BCUT2D eigenvalue weighted by Gasteiger charge is -2.17. The van der Waals surface area contributed by atoms with Crippen LogP contribution in [-0.2, 0) is 14.6 Å². The number of nitrogens with zero attached hydrogens (tertiary/aromatic N) is 3. The molecule has 4 rings (SSSR count). The minimum Gasteiger partial charge on any atom is -0.308 e. The van der Waals surface area contributed by atoms with E-state index in [9.17, 15) is 13.2 Å². The summed E-state index contributed by atoms with van der Waals surface area (Å²) in [5.74, 6) is 1.18. The third-order valence-electron chi connectivity index (χ3n) is 5.09. The maximum absolute atomic E-state index is 12.0. The van der Waals surface area contributed by atoms with E-state index in [0.29, 0.717) is 18.0 Å². The van der Waals surface area contributed by atoms with E-state index in [0.717, 1.165) is 28.2 Å². The van der Waals surface area contributed by atoms with Gasteiger partial charge >= 0.3 is 0 Å². The molecule has 10 heteroatoms. The molecule has 0 spiro atoms. The summed E-state index contributed by atoms with van der Waals surface area (Å²) in [4.78, 5) is 12.0. The predicted molar refractivity (Wildman–Crippen MR) is 100 cm³/mol. The second-order valence-corrected chi connectivity index (χ2v) is 10.3. The lowest BCUT2D eigenvalue weighted by molar-refractivity contribution is -0.113. The van der Waals surface area contributed by atoms with Gasteiger partial charge in [-0.15, -0.1) is 11.8 Å². The van der Waals surface area contributed by atoms with Gasteiger partial charge in [-0.3, -0.25) is 14.6 Å². The van der Waals surface area contributed by atoms with E-state index < -0.39 is 9.84 Å². The van der Waals surface area contributed by atoms with Crippen molar-refractivity contribution in [2.75, 3.05) is 22.6 Å². The van der Waals surface area contributed by atoms with Crippen molar-refractivity contribution < 1.29 is 13.2 Å². The lowest BCUT2D eigenvalue weighted by Crippen LogP contribution is -2.14. The van der Waals surface area contributed by atoms with Crippen molar-refractivity contribution in [2.45, 2.75) is 38.5 Å². The van der Waals surface area contributed by atoms with Gasteiger partial charge < -0.3 is 5.32 Å². The largest absolute Gasteiger partial charge is 0.308 e. The number of anilines is 1. The van der Waals surface area contributed by atoms with Gasteiger partial charge in [0, 0.05) is 22.5 Å². The fourth-order valence-electron chi connectivity index (χ4n) is 3.87. The highest BCUT2D eigenvalue weighted by atomic mass is 32.2. The molecule has 0 saturated carbocycles. The molecule has 0 radical (unpaired) electrons. The number of amides is 1. The second-order valence-electron chi connectivity index (χ2n) is 6.94. The number of aromatic amines is 1. The molecule has 0 unspecified atom stereocenters. The Hall–Kier alpha value is -1.81. The van der Waals surface area contributed by atoms with Crippen molar-refractivity contribution in [1.82, 2.24) is 20.0 Å². The van der Waals surface area contributed by atoms with E-state index in [-0.39, 0.29) is 28.7 Å². The number of H-pyrrole nitrogens is 1.